The van der Waals surface area contributed by atoms with E-state index in [1.165, 1.54) is 36.4 Å². The van der Waals surface area contributed by atoms with E-state index in [2.05, 4.69) is 0 Å². The molecule has 3 aromatic carbocycles. The van der Waals surface area contributed by atoms with E-state index >= 15 is 0 Å². The number of methoxy groups -OCH3 is 1. The predicted molar refractivity (Wildman–Crippen MR) is 118 cm³/mol. The van der Waals surface area contributed by atoms with Crippen LogP contribution in [0.1, 0.15) is 33.3 Å². The van der Waals surface area contributed by atoms with Gasteiger partial charge in [-0.15, -0.1) is 0 Å². The van der Waals surface area contributed by atoms with Crippen molar-refractivity contribution in [3.05, 3.63) is 111 Å². The minimum absolute atomic E-state index is 0.0608. The summed E-state index contributed by atoms with van der Waals surface area (Å²) in [7, 11) is 1.59. The molecule has 1 aromatic heterocycles. The summed E-state index contributed by atoms with van der Waals surface area (Å²) in [5.74, 6) is -0.782. The van der Waals surface area contributed by atoms with Crippen molar-refractivity contribution in [3.63, 3.8) is 0 Å². The molecule has 7 heteroatoms. The molecule has 0 bridgehead atoms. The Bertz CT molecular complexity index is 1410. The van der Waals surface area contributed by atoms with Crippen LogP contribution in [0.4, 0.5) is 8.78 Å². The molecule has 0 fully saturated rings. The average molecular weight is 447 g/mol. The number of amides is 1. The smallest absolute Gasteiger partial charge is 0.290 e. The molecule has 166 valence electrons. The summed E-state index contributed by atoms with van der Waals surface area (Å²) in [6.45, 7) is 0.293. The normalized spacial score (nSPS) is 15.2. The van der Waals surface area contributed by atoms with Crippen LogP contribution in [0.5, 0.6) is 5.75 Å². The first-order chi connectivity index (χ1) is 16.0. The maximum absolute atomic E-state index is 13.8. The highest BCUT2D eigenvalue weighted by atomic mass is 19.1. The first-order valence-corrected chi connectivity index (χ1v) is 10.4. The number of benzene rings is 3. The molecular weight excluding hydrogens is 428 g/mol. The molecule has 1 amide bonds. The molecule has 0 spiro atoms. The van der Waals surface area contributed by atoms with Crippen molar-refractivity contribution in [2.45, 2.75) is 12.5 Å². The third-order valence-corrected chi connectivity index (χ3v) is 5.91. The molecule has 5 nitrogen and oxygen atoms in total. The lowest BCUT2D eigenvalue weighted by Gasteiger charge is -2.25. The number of hydrogen-bond donors (Lipinski definition) is 0. The number of carbonyl (C=O) groups excluding carboxylic acids is 1. The molecular formula is C26H19F2NO4. The summed E-state index contributed by atoms with van der Waals surface area (Å²) in [6, 6.07) is 16.0. The van der Waals surface area contributed by atoms with Gasteiger partial charge in [-0.3, -0.25) is 9.59 Å². The highest BCUT2D eigenvalue weighted by molar-refractivity contribution is 5.99. The third kappa shape index (κ3) is 3.65. The summed E-state index contributed by atoms with van der Waals surface area (Å²) in [4.78, 5) is 28.3. The maximum atomic E-state index is 13.8. The summed E-state index contributed by atoms with van der Waals surface area (Å²) >= 11 is 0. The Balaban J connectivity index is 1.60. The fraction of sp³-hybridized carbons (Fsp3) is 0.154. The second kappa shape index (κ2) is 8.16. The Labute approximate surface area is 187 Å². The summed E-state index contributed by atoms with van der Waals surface area (Å²) in [5, 5.41) is 0.0608. The molecule has 33 heavy (non-hydrogen) atoms. The van der Waals surface area contributed by atoms with Crippen molar-refractivity contribution < 1.29 is 22.7 Å². The lowest BCUT2D eigenvalue weighted by atomic mass is 9.98. The van der Waals surface area contributed by atoms with E-state index < -0.39 is 29.0 Å². The molecule has 5 rings (SSSR count). The lowest BCUT2D eigenvalue weighted by molar-refractivity contribution is 0.0730. The largest absolute Gasteiger partial charge is 0.497 e. The van der Waals surface area contributed by atoms with Crippen molar-refractivity contribution in [2.24, 2.45) is 0 Å². The standard InChI is InChI=1S/C26H19F2NO4/c1-32-19-9-2-15(3-10-19)12-13-29-23(16-4-6-17(27)7-5-16)22-24(30)20-14-18(28)8-11-21(20)33-25(22)26(29)31/h2-11,14,23H,12-13H2,1H3/t23-/m0/s1. The van der Waals surface area contributed by atoms with Crippen LogP contribution >= 0.6 is 0 Å². The minimum atomic E-state index is -0.768. The topological polar surface area (TPSA) is 59.8 Å². The van der Waals surface area contributed by atoms with Crippen molar-refractivity contribution >= 4 is 16.9 Å². The molecule has 4 aromatic rings. The number of halogens is 2. The molecule has 1 aliphatic heterocycles. The van der Waals surface area contributed by atoms with Crippen LogP contribution in [-0.2, 0) is 6.42 Å². The highest BCUT2D eigenvalue weighted by Crippen LogP contribution is 2.38. The number of carbonyl (C=O) groups is 1. The van der Waals surface area contributed by atoms with Crippen LogP contribution in [0.15, 0.2) is 75.9 Å². The van der Waals surface area contributed by atoms with Gasteiger partial charge in [-0.1, -0.05) is 24.3 Å². The number of hydrogen-bond acceptors (Lipinski definition) is 4. The van der Waals surface area contributed by atoms with Crippen LogP contribution < -0.4 is 10.2 Å². The average Bonchev–Trinajstić information content (AvgIpc) is 3.11. The molecule has 0 unspecified atom stereocenters. The quantitative estimate of drug-likeness (QED) is 0.438. The molecule has 0 saturated carbocycles. The fourth-order valence-electron chi connectivity index (χ4n) is 4.26. The Morgan fingerprint density at radius 2 is 1.64 bits per heavy atom. The van der Waals surface area contributed by atoms with E-state index in [1.54, 1.807) is 12.0 Å². The Morgan fingerprint density at radius 3 is 2.33 bits per heavy atom. The van der Waals surface area contributed by atoms with E-state index in [4.69, 9.17) is 9.15 Å². The number of ether oxygens (including phenoxy) is 1. The van der Waals surface area contributed by atoms with Crippen LogP contribution in [0.3, 0.4) is 0 Å². The van der Waals surface area contributed by atoms with Gasteiger partial charge in [0.1, 0.15) is 23.0 Å². The maximum Gasteiger partial charge on any atom is 0.290 e. The first-order valence-electron chi connectivity index (χ1n) is 10.4. The fourth-order valence-corrected chi connectivity index (χ4v) is 4.26. The minimum Gasteiger partial charge on any atom is -0.497 e. The van der Waals surface area contributed by atoms with Gasteiger partial charge in [0.15, 0.2) is 5.43 Å². The van der Waals surface area contributed by atoms with Gasteiger partial charge in [0.2, 0.25) is 5.76 Å². The van der Waals surface area contributed by atoms with Crippen LogP contribution in [0.25, 0.3) is 11.0 Å². The van der Waals surface area contributed by atoms with Crippen molar-refractivity contribution in [2.75, 3.05) is 13.7 Å². The van der Waals surface area contributed by atoms with E-state index in [0.717, 1.165) is 17.4 Å². The number of nitrogens with zero attached hydrogens (tertiary/aromatic N) is 1. The first kappa shape index (κ1) is 20.9. The molecule has 1 atom stereocenters. The van der Waals surface area contributed by atoms with Gasteiger partial charge in [0, 0.05) is 6.54 Å². The van der Waals surface area contributed by atoms with Crippen LogP contribution in [-0.4, -0.2) is 24.5 Å². The van der Waals surface area contributed by atoms with E-state index in [9.17, 15) is 18.4 Å². The monoisotopic (exact) mass is 447 g/mol. The molecule has 0 N–H and O–H groups in total. The third-order valence-electron chi connectivity index (χ3n) is 5.91. The molecule has 0 radical (unpaired) electrons. The Kier molecular flexibility index (Phi) is 5.17. The molecule has 0 saturated heterocycles. The van der Waals surface area contributed by atoms with E-state index in [-0.39, 0.29) is 22.3 Å². The summed E-state index contributed by atoms with van der Waals surface area (Å²) in [6.07, 6.45) is 0.518. The van der Waals surface area contributed by atoms with Gasteiger partial charge in [-0.25, -0.2) is 8.78 Å². The van der Waals surface area contributed by atoms with Crippen LogP contribution in [0, 0.1) is 11.6 Å². The Morgan fingerprint density at radius 1 is 0.939 bits per heavy atom. The molecule has 1 aliphatic rings. The molecule has 2 heterocycles. The number of fused-ring (bicyclic) bond motifs is 2. The van der Waals surface area contributed by atoms with Crippen molar-refractivity contribution in [3.8, 4) is 5.75 Å². The Hall–Kier alpha value is -4.00. The predicted octanol–water partition coefficient (Wildman–Crippen LogP) is 4.87. The van der Waals surface area contributed by atoms with Gasteiger partial charge in [0.25, 0.3) is 5.91 Å². The molecule has 0 aliphatic carbocycles. The van der Waals surface area contributed by atoms with Gasteiger partial charge in [0.05, 0.1) is 24.1 Å². The van der Waals surface area contributed by atoms with Gasteiger partial charge in [-0.2, -0.15) is 0 Å². The van der Waals surface area contributed by atoms with E-state index in [1.807, 2.05) is 24.3 Å². The zero-order valence-electron chi connectivity index (χ0n) is 17.7. The van der Waals surface area contributed by atoms with Gasteiger partial charge < -0.3 is 14.1 Å². The summed E-state index contributed by atoms with van der Waals surface area (Å²) < 4.78 is 38.4. The second-order valence-electron chi connectivity index (χ2n) is 7.87. The van der Waals surface area contributed by atoms with Crippen molar-refractivity contribution in [1.82, 2.24) is 4.90 Å². The van der Waals surface area contributed by atoms with Gasteiger partial charge >= 0.3 is 0 Å². The second-order valence-corrected chi connectivity index (χ2v) is 7.87. The van der Waals surface area contributed by atoms with E-state index in [0.29, 0.717) is 18.5 Å². The highest BCUT2D eigenvalue weighted by Gasteiger charge is 2.42. The zero-order chi connectivity index (χ0) is 23.1. The number of rotatable bonds is 5. The SMILES string of the molecule is COc1ccc(CCN2C(=O)c3oc4ccc(F)cc4c(=O)c3[C@@H]2c2ccc(F)cc2)cc1. The lowest BCUT2D eigenvalue weighted by Crippen LogP contribution is -2.31. The van der Waals surface area contributed by atoms with Gasteiger partial charge in [-0.05, 0) is 60.0 Å². The van der Waals surface area contributed by atoms with Crippen LogP contribution in [0.2, 0.25) is 0 Å². The zero-order valence-corrected chi connectivity index (χ0v) is 17.7. The van der Waals surface area contributed by atoms with Crippen molar-refractivity contribution in [1.29, 1.82) is 0 Å². The summed E-state index contributed by atoms with van der Waals surface area (Å²) in [5.41, 5.74) is 1.35.